The summed E-state index contributed by atoms with van der Waals surface area (Å²) in [5.74, 6) is 0.271. The van der Waals surface area contributed by atoms with Crippen molar-refractivity contribution in [2.75, 3.05) is 18.9 Å². The molecule has 0 atom stereocenters. The Morgan fingerprint density at radius 1 is 1.24 bits per heavy atom. The Balaban J connectivity index is 1.92. The Bertz CT molecular complexity index is 626. The van der Waals surface area contributed by atoms with Crippen LogP contribution in [0.3, 0.4) is 0 Å². The first-order valence-corrected chi connectivity index (χ1v) is 6.77. The van der Waals surface area contributed by atoms with Crippen molar-refractivity contribution in [2.24, 2.45) is 0 Å². The molecule has 0 aliphatic carbocycles. The van der Waals surface area contributed by atoms with Crippen molar-refractivity contribution in [1.82, 2.24) is 10.3 Å². The molecule has 0 radical (unpaired) electrons. The molecule has 0 saturated carbocycles. The fourth-order valence-electron chi connectivity index (χ4n) is 2.00. The van der Waals surface area contributed by atoms with Gasteiger partial charge in [0.2, 0.25) is 0 Å². The predicted octanol–water partition coefficient (Wildman–Crippen LogP) is 2.54. The van der Waals surface area contributed by atoms with Crippen molar-refractivity contribution in [3.63, 3.8) is 0 Å². The second kappa shape index (κ2) is 6.83. The summed E-state index contributed by atoms with van der Waals surface area (Å²) in [6, 6.07) is 9.73. The minimum atomic E-state index is -0.255. The van der Waals surface area contributed by atoms with Crippen molar-refractivity contribution < 1.29 is 9.18 Å². The molecule has 5 heteroatoms. The van der Waals surface area contributed by atoms with Gasteiger partial charge in [-0.05, 0) is 43.2 Å². The highest BCUT2D eigenvalue weighted by Crippen LogP contribution is 2.09. The third-order valence-electron chi connectivity index (χ3n) is 3.08. The maximum Gasteiger partial charge on any atom is 0.251 e. The average Bonchev–Trinajstić information content (AvgIpc) is 2.48. The van der Waals surface area contributed by atoms with E-state index in [0.717, 1.165) is 11.3 Å². The largest absolute Gasteiger partial charge is 0.373 e. The molecular formula is C16H18FN3O. The zero-order valence-electron chi connectivity index (χ0n) is 12.1. The van der Waals surface area contributed by atoms with Crippen LogP contribution in [0, 0.1) is 12.7 Å². The van der Waals surface area contributed by atoms with E-state index in [0.29, 0.717) is 24.3 Å². The van der Waals surface area contributed by atoms with Crippen molar-refractivity contribution in [1.29, 1.82) is 0 Å². The highest BCUT2D eigenvalue weighted by atomic mass is 19.1. The smallest absolute Gasteiger partial charge is 0.251 e. The van der Waals surface area contributed by atoms with Crippen LogP contribution in [-0.2, 0) is 6.42 Å². The molecule has 1 amide bonds. The van der Waals surface area contributed by atoms with Crippen LogP contribution in [0.15, 0.2) is 36.4 Å². The molecule has 1 heterocycles. The number of pyridine rings is 1. The standard InChI is InChI=1S/C16H18FN3O/c1-11-9-13(10-15(18-2)20-11)16(21)19-8-7-12-3-5-14(17)6-4-12/h3-6,9-10H,7-8H2,1-2H3,(H,18,20)(H,19,21). The van der Waals surface area contributed by atoms with E-state index >= 15 is 0 Å². The Kier molecular flexibility index (Phi) is 4.87. The molecule has 0 aliphatic rings. The SMILES string of the molecule is CNc1cc(C(=O)NCCc2ccc(F)cc2)cc(C)n1. The van der Waals surface area contributed by atoms with E-state index < -0.39 is 0 Å². The van der Waals surface area contributed by atoms with Crippen molar-refractivity contribution in [2.45, 2.75) is 13.3 Å². The minimum Gasteiger partial charge on any atom is -0.373 e. The number of hydrogen-bond acceptors (Lipinski definition) is 3. The first kappa shape index (κ1) is 15.0. The van der Waals surface area contributed by atoms with Crippen LogP contribution in [0.25, 0.3) is 0 Å². The number of aromatic nitrogens is 1. The molecule has 0 bridgehead atoms. The quantitative estimate of drug-likeness (QED) is 0.888. The van der Waals surface area contributed by atoms with Gasteiger partial charge in [-0.3, -0.25) is 4.79 Å². The number of aryl methyl sites for hydroxylation is 1. The Hall–Kier alpha value is -2.43. The third-order valence-corrected chi connectivity index (χ3v) is 3.08. The van der Waals surface area contributed by atoms with Crippen molar-refractivity contribution >= 4 is 11.7 Å². The topological polar surface area (TPSA) is 54.0 Å². The zero-order valence-corrected chi connectivity index (χ0v) is 12.1. The molecule has 0 spiro atoms. The van der Waals surface area contributed by atoms with E-state index in [1.165, 1.54) is 12.1 Å². The highest BCUT2D eigenvalue weighted by molar-refractivity contribution is 5.95. The molecule has 0 aliphatic heterocycles. The molecule has 21 heavy (non-hydrogen) atoms. The lowest BCUT2D eigenvalue weighted by molar-refractivity contribution is 0.0954. The van der Waals surface area contributed by atoms with Gasteiger partial charge in [0.05, 0.1) is 0 Å². The van der Waals surface area contributed by atoms with Crippen LogP contribution < -0.4 is 10.6 Å². The molecule has 110 valence electrons. The van der Waals surface area contributed by atoms with E-state index in [-0.39, 0.29) is 11.7 Å². The molecule has 2 aromatic rings. The number of carbonyl (C=O) groups excluding carboxylic acids is 1. The second-order valence-electron chi connectivity index (χ2n) is 4.76. The number of nitrogens with zero attached hydrogens (tertiary/aromatic N) is 1. The first-order chi connectivity index (χ1) is 10.1. The Labute approximate surface area is 123 Å². The van der Waals surface area contributed by atoms with E-state index in [1.54, 1.807) is 31.3 Å². The van der Waals surface area contributed by atoms with Gasteiger partial charge >= 0.3 is 0 Å². The number of nitrogens with one attached hydrogen (secondary N) is 2. The maximum atomic E-state index is 12.8. The predicted molar refractivity (Wildman–Crippen MR) is 81.0 cm³/mol. The molecule has 2 rings (SSSR count). The van der Waals surface area contributed by atoms with Gasteiger partial charge in [-0.2, -0.15) is 0 Å². The molecule has 1 aromatic carbocycles. The summed E-state index contributed by atoms with van der Waals surface area (Å²) < 4.78 is 12.8. The van der Waals surface area contributed by atoms with Crippen molar-refractivity contribution in [3.05, 3.63) is 59.0 Å². The summed E-state index contributed by atoms with van der Waals surface area (Å²) in [6.07, 6.45) is 0.662. The molecule has 1 aromatic heterocycles. The third kappa shape index (κ3) is 4.27. The number of rotatable bonds is 5. The summed E-state index contributed by atoms with van der Waals surface area (Å²) in [7, 11) is 1.76. The summed E-state index contributed by atoms with van der Waals surface area (Å²) in [5, 5.41) is 5.78. The van der Waals surface area contributed by atoms with Crippen molar-refractivity contribution in [3.8, 4) is 0 Å². The average molecular weight is 287 g/mol. The molecule has 0 unspecified atom stereocenters. The lowest BCUT2D eigenvalue weighted by Crippen LogP contribution is -2.26. The van der Waals surface area contributed by atoms with Gasteiger partial charge in [-0.1, -0.05) is 12.1 Å². The lowest BCUT2D eigenvalue weighted by Gasteiger charge is -2.08. The number of amides is 1. The van der Waals surface area contributed by atoms with Gasteiger partial charge in [-0.25, -0.2) is 9.37 Å². The monoisotopic (exact) mass is 287 g/mol. The van der Waals surface area contributed by atoms with E-state index in [1.807, 2.05) is 6.92 Å². The zero-order chi connectivity index (χ0) is 15.2. The Morgan fingerprint density at radius 3 is 2.62 bits per heavy atom. The fourth-order valence-corrected chi connectivity index (χ4v) is 2.00. The van der Waals surface area contributed by atoms with Crippen LogP contribution in [0.1, 0.15) is 21.6 Å². The van der Waals surface area contributed by atoms with E-state index in [4.69, 9.17) is 0 Å². The van der Waals surface area contributed by atoms with Crippen LogP contribution in [-0.4, -0.2) is 24.5 Å². The second-order valence-corrected chi connectivity index (χ2v) is 4.76. The highest BCUT2D eigenvalue weighted by Gasteiger charge is 2.07. The maximum absolute atomic E-state index is 12.8. The lowest BCUT2D eigenvalue weighted by atomic mass is 10.1. The summed E-state index contributed by atoms with van der Waals surface area (Å²) in [6.45, 7) is 2.34. The van der Waals surface area contributed by atoms with Crippen LogP contribution in [0.5, 0.6) is 0 Å². The van der Waals surface area contributed by atoms with Gasteiger partial charge in [0.1, 0.15) is 11.6 Å². The van der Waals surface area contributed by atoms with E-state index in [9.17, 15) is 9.18 Å². The Morgan fingerprint density at radius 2 is 1.95 bits per heavy atom. The van der Waals surface area contributed by atoms with E-state index in [2.05, 4.69) is 15.6 Å². The summed E-state index contributed by atoms with van der Waals surface area (Å²) in [4.78, 5) is 16.3. The molecule has 0 saturated heterocycles. The normalized spacial score (nSPS) is 10.2. The molecule has 0 fully saturated rings. The van der Waals surface area contributed by atoms with Gasteiger partial charge in [0, 0.05) is 24.8 Å². The first-order valence-electron chi connectivity index (χ1n) is 6.77. The fraction of sp³-hybridized carbons (Fsp3) is 0.250. The molecule has 4 nitrogen and oxygen atoms in total. The van der Waals surface area contributed by atoms with Gasteiger partial charge in [0.25, 0.3) is 5.91 Å². The summed E-state index contributed by atoms with van der Waals surface area (Å²) in [5.41, 5.74) is 2.34. The number of halogens is 1. The minimum absolute atomic E-state index is 0.140. The number of hydrogen-bond donors (Lipinski definition) is 2. The molecular weight excluding hydrogens is 269 g/mol. The number of anilines is 1. The van der Waals surface area contributed by atoms with Crippen LogP contribution in [0.4, 0.5) is 10.2 Å². The number of carbonyl (C=O) groups is 1. The summed E-state index contributed by atoms with van der Waals surface area (Å²) >= 11 is 0. The molecule has 2 N–H and O–H groups in total. The van der Waals surface area contributed by atoms with Gasteiger partial charge in [-0.15, -0.1) is 0 Å². The van der Waals surface area contributed by atoms with Gasteiger partial charge in [0.15, 0.2) is 0 Å². The van der Waals surface area contributed by atoms with Crippen LogP contribution >= 0.6 is 0 Å². The van der Waals surface area contributed by atoms with Crippen LogP contribution in [0.2, 0.25) is 0 Å². The van der Waals surface area contributed by atoms with Gasteiger partial charge < -0.3 is 10.6 Å². The number of benzene rings is 1.